The quantitative estimate of drug-likeness (QED) is 0.746. The summed E-state index contributed by atoms with van der Waals surface area (Å²) < 4.78 is 16.7. The summed E-state index contributed by atoms with van der Waals surface area (Å²) in [5, 5.41) is 9.16. The van der Waals surface area contributed by atoms with Gasteiger partial charge in [-0.05, 0) is 39.0 Å². The fraction of sp³-hybridized carbons (Fsp3) is 0.889. The van der Waals surface area contributed by atoms with Crippen LogP contribution in [0.5, 0.6) is 0 Å². The highest BCUT2D eigenvalue weighted by Crippen LogP contribution is 2.46. The minimum atomic E-state index is -1.04. The monoisotopic (exact) mass is 357 g/mol. The Hall–Kier alpha value is -1.18. The molecule has 1 N–H and O–H groups in total. The van der Waals surface area contributed by atoms with E-state index in [1.54, 1.807) is 28.1 Å². The highest BCUT2D eigenvalue weighted by atomic mass is 16.5. The molecular formula is C18H31NO6. The molecule has 7 heteroatoms. The molecule has 144 valence electrons. The molecule has 2 saturated heterocycles. The SMILES string of the molecule is COC[C@H]1CC[C@H](COC)N1C(=O)[C@]1(C)O[C@](C)(CC(=O)O)C[C@H]1C. The lowest BCUT2D eigenvalue weighted by Crippen LogP contribution is -2.56. The van der Waals surface area contributed by atoms with E-state index < -0.39 is 17.2 Å². The summed E-state index contributed by atoms with van der Waals surface area (Å²) >= 11 is 0. The molecule has 2 aliphatic heterocycles. The zero-order valence-corrected chi connectivity index (χ0v) is 15.9. The molecule has 2 rings (SSSR count). The lowest BCUT2D eigenvalue weighted by Gasteiger charge is -2.38. The number of hydrogen-bond donors (Lipinski definition) is 1. The topological polar surface area (TPSA) is 85.3 Å². The van der Waals surface area contributed by atoms with Gasteiger partial charge >= 0.3 is 5.97 Å². The smallest absolute Gasteiger partial charge is 0.306 e. The van der Waals surface area contributed by atoms with E-state index in [1.165, 1.54) is 0 Å². The third kappa shape index (κ3) is 3.99. The fourth-order valence-electron chi connectivity index (χ4n) is 4.44. The van der Waals surface area contributed by atoms with Gasteiger partial charge in [-0.25, -0.2) is 0 Å². The second-order valence-corrected chi connectivity index (χ2v) is 7.84. The molecule has 2 fully saturated rings. The van der Waals surface area contributed by atoms with Crippen molar-refractivity contribution in [3.8, 4) is 0 Å². The molecule has 2 heterocycles. The standard InChI is InChI=1S/C18H31NO6/c1-12-8-17(2,9-15(20)21)25-18(12,3)16(22)19-13(10-23-4)6-7-14(19)11-24-5/h12-14H,6-11H2,1-5H3,(H,20,21)/t12-,13-,14-,17+,18-/m1/s1. The first-order valence-electron chi connectivity index (χ1n) is 8.89. The van der Waals surface area contributed by atoms with Crippen LogP contribution in [0.25, 0.3) is 0 Å². The molecule has 0 aromatic rings. The van der Waals surface area contributed by atoms with Gasteiger partial charge in [0.2, 0.25) is 0 Å². The van der Waals surface area contributed by atoms with E-state index in [0.29, 0.717) is 19.6 Å². The zero-order valence-electron chi connectivity index (χ0n) is 15.9. The van der Waals surface area contributed by atoms with Gasteiger partial charge in [-0.15, -0.1) is 0 Å². The predicted molar refractivity (Wildman–Crippen MR) is 91.3 cm³/mol. The largest absolute Gasteiger partial charge is 0.481 e. The molecule has 0 radical (unpaired) electrons. The van der Waals surface area contributed by atoms with Crippen molar-refractivity contribution in [1.29, 1.82) is 0 Å². The van der Waals surface area contributed by atoms with Gasteiger partial charge in [0.25, 0.3) is 5.91 Å². The van der Waals surface area contributed by atoms with Crippen molar-refractivity contribution >= 4 is 11.9 Å². The molecule has 0 aliphatic carbocycles. The highest BCUT2D eigenvalue weighted by molar-refractivity contribution is 5.86. The minimum absolute atomic E-state index is 0.00314. The third-order valence-corrected chi connectivity index (χ3v) is 5.66. The second kappa shape index (κ2) is 7.60. The minimum Gasteiger partial charge on any atom is -0.481 e. The fourth-order valence-corrected chi connectivity index (χ4v) is 4.44. The van der Waals surface area contributed by atoms with Crippen LogP contribution in [-0.4, -0.2) is 72.6 Å². The van der Waals surface area contributed by atoms with Crippen molar-refractivity contribution in [2.45, 2.75) is 69.7 Å². The number of carboxylic acid groups (broad SMARTS) is 1. The lowest BCUT2D eigenvalue weighted by atomic mass is 9.85. The number of ether oxygens (including phenoxy) is 3. The van der Waals surface area contributed by atoms with Crippen molar-refractivity contribution in [2.24, 2.45) is 5.92 Å². The first kappa shape index (κ1) is 20.1. The Morgan fingerprint density at radius 3 is 2.12 bits per heavy atom. The first-order chi connectivity index (χ1) is 11.7. The first-order valence-corrected chi connectivity index (χ1v) is 8.89. The summed E-state index contributed by atoms with van der Waals surface area (Å²) in [6.07, 6.45) is 2.16. The Bertz CT molecular complexity index is 498. The molecule has 0 spiro atoms. The Balaban J connectivity index is 2.24. The third-order valence-electron chi connectivity index (χ3n) is 5.66. The maximum absolute atomic E-state index is 13.5. The molecule has 2 aliphatic rings. The number of rotatable bonds is 7. The highest BCUT2D eigenvalue weighted by Gasteiger charge is 2.57. The van der Waals surface area contributed by atoms with E-state index in [4.69, 9.17) is 19.3 Å². The Morgan fingerprint density at radius 1 is 1.16 bits per heavy atom. The molecule has 0 aromatic heterocycles. The molecule has 1 amide bonds. The van der Waals surface area contributed by atoms with Gasteiger partial charge in [-0.1, -0.05) is 6.92 Å². The van der Waals surface area contributed by atoms with E-state index in [-0.39, 0.29) is 30.3 Å². The predicted octanol–water partition coefficient (Wildman–Crippen LogP) is 1.69. The number of hydrogen-bond acceptors (Lipinski definition) is 5. The van der Waals surface area contributed by atoms with Gasteiger partial charge in [-0.3, -0.25) is 9.59 Å². The number of carbonyl (C=O) groups is 2. The number of nitrogens with zero attached hydrogens (tertiary/aromatic N) is 1. The van der Waals surface area contributed by atoms with Crippen LogP contribution in [0.1, 0.15) is 46.5 Å². The Kier molecular flexibility index (Phi) is 6.12. The number of likely N-dealkylation sites (tertiary alicyclic amines) is 1. The second-order valence-electron chi connectivity index (χ2n) is 7.84. The van der Waals surface area contributed by atoms with Crippen molar-refractivity contribution < 1.29 is 28.9 Å². The Labute approximate surface area is 149 Å². The Morgan fingerprint density at radius 2 is 1.68 bits per heavy atom. The van der Waals surface area contributed by atoms with E-state index >= 15 is 0 Å². The average Bonchev–Trinajstić information content (AvgIpc) is 2.98. The van der Waals surface area contributed by atoms with Crippen LogP contribution >= 0.6 is 0 Å². The molecule has 7 nitrogen and oxygen atoms in total. The number of amides is 1. The van der Waals surface area contributed by atoms with Crippen molar-refractivity contribution in [3.05, 3.63) is 0 Å². The van der Waals surface area contributed by atoms with Crippen LogP contribution in [0.2, 0.25) is 0 Å². The summed E-state index contributed by atoms with van der Waals surface area (Å²) in [6, 6.07) is -0.00629. The maximum Gasteiger partial charge on any atom is 0.306 e. The number of carboxylic acids is 1. The molecule has 5 atom stereocenters. The summed E-state index contributed by atoms with van der Waals surface area (Å²) in [6.45, 7) is 6.47. The van der Waals surface area contributed by atoms with Gasteiger partial charge in [0.15, 0.2) is 0 Å². The zero-order chi connectivity index (χ0) is 18.8. The number of methoxy groups -OCH3 is 2. The summed E-state index contributed by atoms with van der Waals surface area (Å²) in [5.41, 5.74) is -1.87. The molecule has 25 heavy (non-hydrogen) atoms. The van der Waals surface area contributed by atoms with Crippen LogP contribution in [-0.2, 0) is 23.8 Å². The van der Waals surface area contributed by atoms with Crippen molar-refractivity contribution in [2.75, 3.05) is 27.4 Å². The molecule has 0 saturated carbocycles. The average molecular weight is 357 g/mol. The van der Waals surface area contributed by atoms with Gasteiger partial charge in [0, 0.05) is 14.2 Å². The van der Waals surface area contributed by atoms with Crippen LogP contribution in [0.3, 0.4) is 0 Å². The van der Waals surface area contributed by atoms with Crippen LogP contribution in [0.15, 0.2) is 0 Å². The molecule has 0 bridgehead atoms. The summed E-state index contributed by atoms with van der Waals surface area (Å²) in [4.78, 5) is 26.5. The lowest BCUT2D eigenvalue weighted by molar-refractivity contribution is -0.174. The normalized spacial score (nSPS) is 38.3. The van der Waals surface area contributed by atoms with E-state index in [9.17, 15) is 9.59 Å². The van der Waals surface area contributed by atoms with Gasteiger partial charge in [0.1, 0.15) is 5.60 Å². The number of aliphatic carboxylic acids is 1. The van der Waals surface area contributed by atoms with Crippen molar-refractivity contribution in [1.82, 2.24) is 4.90 Å². The maximum atomic E-state index is 13.5. The number of carbonyl (C=O) groups excluding carboxylic acids is 1. The summed E-state index contributed by atoms with van der Waals surface area (Å²) in [5.74, 6) is -1.07. The van der Waals surface area contributed by atoms with Gasteiger partial charge < -0.3 is 24.2 Å². The van der Waals surface area contributed by atoms with Gasteiger partial charge in [0.05, 0.1) is 37.3 Å². The van der Waals surface area contributed by atoms with E-state index in [1.807, 2.05) is 11.8 Å². The van der Waals surface area contributed by atoms with Gasteiger partial charge in [-0.2, -0.15) is 0 Å². The van der Waals surface area contributed by atoms with Crippen LogP contribution < -0.4 is 0 Å². The van der Waals surface area contributed by atoms with Crippen LogP contribution in [0, 0.1) is 5.92 Å². The van der Waals surface area contributed by atoms with Crippen LogP contribution in [0.4, 0.5) is 0 Å². The molecule has 0 aromatic carbocycles. The van der Waals surface area contributed by atoms with E-state index in [0.717, 1.165) is 12.8 Å². The summed E-state index contributed by atoms with van der Waals surface area (Å²) in [7, 11) is 3.26. The van der Waals surface area contributed by atoms with Crippen molar-refractivity contribution in [3.63, 3.8) is 0 Å². The molecular weight excluding hydrogens is 326 g/mol. The molecule has 0 unspecified atom stereocenters. The van der Waals surface area contributed by atoms with E-state index in [2.05, 4.69) is 0 Å².